The number of ether oxygens (including phenoxy) is 1. The number of aromatic nitrogens is 2. The fourth-order valence-corrected chi connectivity index (χ4v) is 9.05. The zero-order chi connectivity index (χ0) is 41.8. The predicted octanol–water partition coefficient (Wildman–Crippen LogP) is 13.9. The molecule has 11 rings (SSSR count). The van der Waals surface area contributed by atoms with E-state index in [0.29, 0.717) is 32.7 Å². The fraction of sp³-hybridized carbons (Fsp3) is 0.192. The quantitative estimate of drug-likeness (QED) is 0.125. The van der Waals surface area contributed by atoms with Crippen molar-refractivity contribution < 1.29 is 8.85 Å². The summed E-state index contributed by atoms with van der Waals surface area (Å²) in [6.07, 6.45) is 1.91. The number of pyridine rings is 1. The van der Waals surface area contributed by atoms with E-state index in [0.717, 1.165) is 55.9 Å². The predicted molar refractivity (Wildman–Crippen MR) is 238 cm³/mol. The van der Waals surface area contributed by atoms with Gasteiger partial charge in [-0.3, -0.25) is 13.5 Å². The number of hydrogen-bond donors (Lipinski definition) is 0. The van der Waals surface area contributed by atoms with Crippen LogP contribution in [0.3, 0.4) is 0 Å². The summed E-state index contributed by atoms with van der Waals surface area (Å²) in [4.78, 5) is 4.92. The van der Waals surface area contributed by atoms with Crippen molar-refractivity contribution in [2.45, 2.75) is 59.2 Å². The van der Waals surface area contributed by atoms with Gasteiger partial charge in [-0.15, -0.1) is 0 Å². The van der Waals surface area contributed by atoms with Crippen molar-refractivity contribution >= 4 is 44.6 Å². The van der Waals surface area contributed by atoms with Crippen LogP contribution >= 0.6 is 0 Å². The van der Waals surface area contributed by atoms with Crippen molar-refractivity contribution in [3.8, 4) is 28.4 Å². The molecule has 5 heterocycles. The maximum atomic E-state index is 8.60. The van der Waals surface area contributed by atoms with Crippen molar-refractivity contribution in [2.24, 2.45) is 0 Å². The van der Waals surface area contributed by atoms with E-state index in [1.54, 1.807) is 6.07 Å². The van der Waals surface area contributed by atoms with Gasteiger partial charge in [0.15, 0.2) is 18.0 Å². The zero-order valence-corrected chi connectivity index (χ0v) is 33.4. The largest absolute Gasteiger partial charge is 0.457 e. The lowest BCUT2D eigenvalue weighted by Gasteiger charge is -2.56. The minimum Gasteiger partial charge on any atom is -0.457 e. The summed E-state index contributed by atoms with van der Waals surface area (Å²) >= 11 is 0. The van der Waals surface area contributed by atoms with Crippen LogP contribution in [0.5, 0.6) is 11.5 Å². The van der Waals surface area contributed by atoms with Gasteiger partial charge in [-0.2, -0.15) is 0 Å². The number of fused-ring (bicyclic) bond motifs is 3. The lowest BCUT2D eigenvalue weighted by atomic mass is 9.86. The molecule has 1 fully saturated rings. The Kier molecular flexibility index (Phi) is 7.04. The Bertz CT molecular complexity index is 2980. The Morgan fingerprint density at radius 3 is 2.11 bits per heavy atom. The maximum Gasteiger partial charge on any atom is 0.186 e. The van der Waals surface area contributed by atoms with Crippen LogP contribution in [0.4, 0.5) is 22.7 Å². The molecule has 57 heavy (non-hydrogen) atoms. The van der Waals surface area contributed by atoms with Gasteiger partial charge < -0.3 is 4.74 Å². The van der Waals surface area contributed by atoms with Gasteiger partial charge in [0.05, 0.1) is 17.7 Å². The van der Waals surface area contributed by atoms with Gasteiger partial charge in [-0.25, -0.2) is 4.98 Å². The number of benzene rings is 6. The smallest absolute Gasteiger partial charge is 0.186 e. The standard InChI is InChI=1S/C52H49N4O/c1-35-14-11-21-48-50(35)56(40-18-12-17-38(29-40)51(2,3)4)33-55(48,34-56)41-19-13-20-42(31-41)57-43-23-24-44-45-28-37(36-15-9-8-10-16-36)22-25-46(45)54(47(44)32-43)49-30-39(26-27-53-49)52(5,6)7/h8-33H,34H2,1-7H3/q+1/t55-,56+/m1/s1/i1D3. The van der Waals surface area contributed by atoms with E-state index in [9.17, 15) is 0 Å². The molecular weight excluding hydrogens is 697 g/mol. The second-order valence-corrected chi connectivity index (χ2v) is 17.8. The van der Waals surface area contributed by atoms with Crippen molar-refractivity contribution in [2.75, 3.05) is 6.67 Å². The molecule has 0 spiro atoms. The number of para-hydroxylation sites is 1. The highest BCUT2D eigenvalue weighted by Gasteiger charge is 2.63. The molecular formula is C52H49N4O+. The molecule has 1 saturated heterocycles. The first-order chi connectivity index (χ1) is 28.5. The van der Waals surface area contributed by atoms with Gasteiger partial charge in [-0.05, 0) is 94.5 Å². The highest BCUT2D eigenvalue weighted by Crippen LogP contribution is 2.66. The van der Waals surface area contributed by atoms with E-state index >= 15 is 0 Å². The molecule has 2 atom stereocenters. The Hall–Kier alpha value is -6.01. The molecule has 5 nitrogen and oxygen atoms in total. The van der Waals surface area contributed by atoms with E-state index in [1.165, 1.54) is 16.7 Å². The Morgan fingerprint density at radius 2 is 1.33 bits per heavy atom. The van der Waals surface area contributed by atoms with Crippen LogP contribution in [0, 0.1) is 13.5 Å². The van der Waals surface area contributed by atoms with Crippen LogP contribution in [0.2, 0.25) is 0 Å². The average Bonchev–Trinajstić information content (AvgIpc) is 3.81. The summed E-state index contributed by atoms with van der Waals surface area (Å²) in [5.74, 6) is 2.27. The van der Waals surface area contributed by atoms with Gasteiger partial charge in [0.25, 0.3) is 0 Å². The molecule has 3 aliphatic heterocycles. The molecule has 0 amide bonds. The van der Waals surface area contributed by atoms with E-state index in [-0.39, 0.29) is 10.8 Å². The first kappa shape index (κ1) is 32.1. The molecule has 0 N–H and O–H groups in total. The van der Waals surface area contributed by atoms with Gasteiger partial charge in [-0.1, -0.05) is 108 Å². The molecule has 0 aliphatic carbocycles. The number of aryl methyl sites for hydroxylation is 1. The maximum absolute atomic E-state index is 8.60. The number of nitrogens with zero attached hydrogens (tertiary/aromatic N) is 4. The third-order valence-electron chi connectivity index (χ3n) is 12.1. The van der Waals surface area contributed by atoms with Crippen LogP contribution in [-0.2, 0) is 10.8 Å². The van der Waals surface area contributed by atoms with Crippen molar-refractivity contribution in [3.05, 3.63) is 175 Å². The van der Waals surface area contributed by atoms with Gasteiger partial charge in [0.1, 0.15) is 28.7 Å². The second-order valence-electron chi connectivity index (χ2n) is 17.8. The molecule has 2 bridgehead atoms. The summed E-state index contributed by atoms with van der Waals surface area (Å²) < 4.78 is 35.6. The monoisotopic (exact) mass is 748 g/mol. The van der Waals surface area contributed by atoms with Crippen LogP contribution in [-0.4, -0.2) is 16.2 Å². The summed E-state index contributed by atoms with van der Waals surface area (Å²) in [7, 11) is 0. The summed E-state index contributed by atoms with van der Waals surface area (Å²) in [5.41, 5.74) is 11.0. The van der Waals surface area contributed by atoms with Crippen LogP contribution in [0.25, 0.3) is 38.8 Å². The highest BCUT2D eigenvalue weighted by atomic mass is 16.5. The van der Waals surface area contributed by atoms with Crippen LogP contribution in [0.15, 0.2) is 152 Å². The second kappa shape index (κ2) is 12.5. The van der Waals surface area contributed by atoms with E-state index < -0.39 is 6.85 Å². The summed E-state index contributed by atoms with van der Waals surface area (Å²) in [5, 5.41) is 2.26. The Balaban J connectivity index is 1.07. The molecule has 5 heteroatoms. The lowest BCUT2D eigenvalue weighted by molar-refractivity contribution is 0.186. The Labute approximate surface area is 340 Å². The van der Waals surface area contributed by atoms with Gasteiger partial charge >= 0.3 is 0 Å². The van der Waals surface area contributed by atoms with E-state index in [2.05, 4.69) is 162 Å². The third-order valence-corrected chi connectivity index (χ3v) is 12.1. The van der Waals surface area contributed by atoms with Gasteiger partial charge in [0, 0.05) is 50.9 Å². The molecule has 8 aromatic rings. The SMILES string of the molecule is [2H]C([2H])([2H])c1cccc2c1[N@@+]1(c3cccc(C(C)(C)C)c3)[CH-][N@+]2(c2cccc(Oc3ccc4c5cc(-c6ccccc6)ccc5n(-c5cc(C(C)(C)C)ccn5)c4c3)c2)C1. The Morgan fingerprint density at radius 1 is 0.614 bits per heavy atom. The number of quaternary nitrogens is 2. The number of hydrogen-bond acceptors (Lipinski definition) is 2. The molecule has 6 aromatic carbocycles. The molecule has 0 unspecified atom stereocenters. The lowest BCUT2D eigenvalue weighted by Crippen LogP contribution is -2.67. The first-order valence-corrected chi connectivity index (χ1v) is 19.8. The third kappa shape index (κ3) is 5.55. The van der Waals surface area contributed by atoms with Gasteiger partial charge in [0.2, 0.25) is 0 Å². The average molecular weight is 749 g/mol. The normalized spacial score (nSPS) is 19.8. The van der Waals surface area contributed by atoms with Crippen molar-refractivity contribution in [1.82, 2.24) is 18.5 Å². The summed E-state index contributed by atoms with van der Waals surface area (Å²) in [6.45, 7) is 14.0. The summed E-state index contributed by atoms with van der Waals surface area (Å²) in [6, 6.07) is 50.5. The topological polar surface area (TPSA) is 27.1 Å². The van der Waals surface area contributed by atoms with Crippen LogP contribution in [0.1, 0.15) is 62.3 Å². The molecule has 0 radical (unpaired) electrons. The van der Waals surface area contributed by atoms with E-state index in [4.69, 9.17) is 13.8 Å². The molecule has 3 aliphatic rings. The zero-order valence-electron chi connectivity index (χ0n) is 36.4. The van der Waals surface area contributed by atoms with Crippen molar-refractivity contribution in [1.29, 1.82) is 0 Å². The fourth-order valence-electron chi connectivity index (χ4n) is 9.05. The van der Waals surface area contributed by atoms with Crippen molar-refractivity contribution in [3.63, 3.8) is 0 Å². The minimum absolute atomic E-state index is 0.0464. The molecule has 0 saturated carbocycles. The van der Waals surface area contributed by atoms with E-state index in [1.807, 2.05) is 36.5 Å². The molecule has 282 valence electrons. The molecule has 2 aromatic heterocycles. The minimum atomic E-state index is -2.27. The van der Waals surface area contributed by atoms with Crippen LogP contribution < -0.4 is 13.7 Å². The number of rotatable bonds is 6. The highest BCUT2D eigenvalue weighted by molar-refractivity contribution is 6.10. The first-order valence-electron chi connectivity index (χ1n) is 21.3.